The molecule has 3 heterocycles. The van der Waals surface area contributed by atoms with E-state index in [1.165, 1.54) is 11.8 Å². The van der Waals surface area contributed by atoms with E-state index >= 15 is 0 Å². The summed E-state index contributed by atoms with van der Waals surface area (Å²) in [6, 6.07) is 18.2. The third kappa shape index (κ3) is 3.80. The quantitative estimate of drug-likeness (QED) is 0.501. The molecular weight excluding hydrogens is 408 g/mol. The van der Waals surface area contributed by atoms with Crippen molar-refractivity contribution >= 4 is 34.0 Å². The highest BCUT2D eigenvalue weighted by molar-refractivity contribution is 8.14. The van der Waals surface area contributed by atoms with E-state index in [9.17, 15) is 9.90 Å². The number of anilines is 1. The molecule has 2 aromatic carbocycles. The Bertz CT molecular complexity index is 1310. The number of aliphatic imine (C=N–C) groups is 1. The molecule has 5 rings (SSSR count). The van der Waals surface area contributed by atoms with Crippen molar-refractivity contribution in [2.75, 3.05) is 11.1 Å². The molecule has 1 unspecified atom stereocenters. The highest BCUT2D eigenvalue weighted by atomic mass is 32.2. The van der Waals surface area contributed by atoms with Crippen LogP contribution in [0.25, 0.3) is 16.9 Å². The van der Waals surface area contributed by atoms with Crippen LogP contribution in [0.3, 0.4) is 0 Å². The van der Waals surface area contributed by atoms with Gasteiger partial charge in [0.2, 0.25) is 5.91 Å². The zero-order valence-electron chi connectivity index (χ0n) is 16.8. The highest BCUT2D eigenvalue weighted by Crippen LogP contribution is 2.29. The summed E-state index contributed by atoms with van der Waals surface area (Å²) >= 11 is 1.48. The molecule has 4 aromatic rings. The van der Waals surface area contributed by atoms with Crippen molar-refractivity contribution in [3.8, 4) is 17.0 Å². The Morgan fingerprint density at radius 1 is 1.13 bits per heavy atom. The Morgan fingerprint density at radius 3 is 2.71 bits per heavy atom. The number of pyridine rings is 1. The lowest BCUT2D eigenvalue weighted by Crippen LogP contribution is -2.26. The van der Waals surface area contributed by atoms with Crippen LogP contribution in [0, 0.1) is 6.92 Å². The van der Waals surface area contributed by atoms with Gasteiger partial charge in [0.15, 0.2) is 0 Å². The number of imidazole rings is 1. The van der Waals surface area contributed by atoms with Gasteiger partial charge in [-0.1, -0.05) is 30.3 Å². The minimum atomic E-state index is -0.485. The summed E-state index contributed by atoms with van der Waals surface area (Å²) in [7, 11) is 0. The first-order valence-electron chi connectivity index (χ1n) is 9.93. The average Bonchev–Trinajstić information content (AvgIpc) is 3.43. The second-order valence-corrected chi connectivity index (χ2v) is 8.40. The maximum atomic E-state index is 12.7. The van der Waals surface area contributed by atoms with Gasteiger partial charge < -0.3 is 14.8 Å². The lowest BCUT2D eigenvalue weighted by Gasteiger charge is -2.08. The minimum Gasteiger partial charge on any atom is -0.507 e. The van der Waals surface area contributed by atoms with Crippen LogP contribution >= 0.6 is 11.8 Å². The number of phenols is 1. The number of carbonyl (C=O) groups is 1. The standard InChI is InChI=1S/C24H20N4O2S/c1-15-5-4-12-28-13-19(26-22(15)28)16-8-10-17(11-9-16)25-23(30)20-14-31-24(27-20)18-6-2-3-7-21(18)29/h2-13,20,29H,14H2,1H3,(H,25,30). The molecule has 1 aliphatic rings. The van der Waals surface area contributed by atoms with E-state index in [0.29, 0.717) is 22.0 Å². The van der Waals surface area contributed by atoms with Crippen LogP contribution in [0.2, 0.25) is 0 Å². The maximum absolute atomic E-state index is 12.7. The van der Waals surface area contributed by atoms with Crippen molar-refractivity contribution in [3.63, 3.8) is 0 Å². The zero-order valence-corrected chi connectivity index (χ0v) is 17.6. The molecule has 0 bridgehead atoms. The minimum absolute atomic E-state index is 0.158. The molecule has 6 nitrogen and oxygen atoms in total. The van der Waals surface area contributed by atoms with E-state index in [2.05, 4.69) is 10.3 Å². The Labute approximate surface area is 183 Å². The molecule has 0 aliphatic carbocycles. The van der Waals surface area contributed by atoms with Gasteiger partial charge in [0, 0.05) is 35.0 Å². The molecule has 1 aliphatic heterocycles. The van der Waals surface area contributed by atoms with Gasteiger partial charge in [-0.05, 0) is 42.8 Å². The number of nitrogens with one attached hydrogen (secondary N) is 1. The summed E-state index contributed by atoms with van der Waals surface area (Å²) in [4.78, 5) is 21.9. The summed E-state index contributed by atoms with van der Waals surface area (Å²) in [6.07, 6.45) is 3.98. The van der Waals surface area contributed by atoms with E-state index in [4.69, 9.17) is 4.98 Å². The Balaban J connectivity index is 1.30. The summed E-state index contributed by atoms with van der Waals surface area (Å²) in [5.74, 6) is 0.565. The topological polar surface area (TPSA) is 79.0 Å². The molecule has 154 valence electrons. The molecule has 0 saturated heterocycles. The molecule has 7 heteroatoms. The zero-order chi connectivity index (χ0) is 21.4. The van der Waals surface area contributed by atoms with Gasteiger partial charge in [-0.3, -0.25) is 9.79 Å². The number of amides is 1. The van der Waals surface area contributed by atoms with Crippen LogP contribution in [-0.2, 0) is 4.79 Å². The molecule has 0 spiro atoms. The molecule has 0 radical (unpaired) electrons. The molecule has 2 aromatic heterocycles. The molecule has 0 fully saturated rings. The number of hydrogen-bond donors (Lipinski definition) is 2. The van der Waals surface area contributed by atoms with Crippen LogP contribution < -0.4 is 5.32 Å². The second kappa shape index (κ2) is 7.92. The lowest BCUT2D eigenvalue weighted by atomic mass is 10.1. The fourth-order valence-electron chi connectivity index (χ4n) is 3.55. The van der Waals surface area contributed by atoms with Gasteiger partial charge in [0.1, 0.15) is 22.5 Å². The summed E-state index contributed by atoms with van der Waals surface area (Å²) in [5, 5.41) is 13.6. The number of aromatic hydroxyl groups is 1. The van der Waals surface area contributed by atoms with Gasteiger partial charge in [-0.25, -0.2) is 4.98 Å². The van der Waals surface area contributed by atoms with Crippen LogP contribution in [0.1, 0.15) is 11.1 Å². The summed E-state index contributed by atoms with van der Waals surface area (Å²) < 4.78 is 2.01. The van der Waals surface area contributed by atoms with Gasteiger partial charge in [-0.2, -0.15) is 0 Å². The number of benzene rings is 2. The first-order valence-corrected chi connectivity index (χ1v) is 10.9. The largest absolute Gasteiger partial charge is 0.507 e. The first-order chi connectivity index (χ1) is 15.1. The van der Waals surface area contributed by atoms with Crippen molar-refractivity contribution in [2.45, 2.75) is 13.0 Å². The molecule has 1 amide bonds. The van der Waals surface area contributed by atoms with Gasteiger partial charge in [0.25, 0.3) is 0 Å². The SMILES string of the molecule is Cc1cccn2cc(-c3ccc(NC(=O)C4CSC(c5ccccc5O)=N4)cc3)nc12. The van der Waals surface area contributed by atoms with Gasteiger partial charge in [-0.15, -0.1) is 11.8 Å². The second-order valence-electron chi connectivity index (χ2n) is 7.39. The highest BCUT2D eigenvalue weighted by Gasteiger charge is 2.26. The molecule has 31 heavy (non-hydrogen) atoms. The number of nitrogens with zero attached hydrogens (tertiary/aromatic N) is 3. The van der Waals surface area contributed by atoms with Gasteiger partial charge >= 0.3 is 0 Å². The third-order valence-electron chi connectivity index (χ3n) is 5.21. The van der Waals surface area contributed by atoms with Gasteiger partial charge in [0.05, 0.1) is 5.69 Å². The van der Waals surface area contributed by atoms with E-state index in [-0.39, 0.29) is 11.7 Å². The van der Waals surface area contributed by atoms with Crippen LogP contribution in [0.15, 0.2) is 78.0 Å². The molecule has 2 N–H and O–H groups in total. The van der Waals surface area contributed by atoms with Crippen molar-refractivity contribution < 1.29 is 9.90 Å². The Hall–Kier alpha value is -3.58. The van der Waals surface area contributed by atoms with E-state index in [1.807, 2.05) is 66.2 Å². The number of hydrogen-bond acceptors (Lipinski definition) is 5. The Kier molecular flexibility index (Phi) is 4.95. The number of rotatable bonds is 4. The summed E-state index contributed by atoms with van der Waals surface area (Å²) in [5.41, 5.74) is 5.30. The first kappa shape index (κ1) is 19.4. The number of aromatic nitrogens is 2. The molecule has 1 atom stereocenters. The van der Waals surface area contributed by atoms with Crippen LogP contribution in [0.5, 0.6) is 5.75 Å². The number of fused-ring (bicyclic) bond motifs is 1. The van der Waals surface area contributed by atoms with Crippen molar-refractivity contribution in [1.82, 2.24) is 9.38 Å². The number of aryl methyl sites for hydroxylation is 1. The summed E-state index contributed by atoms with van der Waals surface area (Å²) in [6.45, 7) is 2.04. The number of carbonyl (C=O) groups excluding carboxylic acids is 1. The van der Waals surface area contributed by atoms with Crippen molar-refractivity contribution in [3.05, 3.63) is 84.2 Å². The van der Waals surface area contributed by atoms with Crippen molar-refractivity contribution in [2.24, 2.45) is 4.99 Å². The predicted octanol–water partition coefficient (Wildman–Crippen LogP) is 4.52. The van der Waals surface area contributed by atoms with E-state index in [1.54, 1.807) is 18.2 Å². The smallest absolute Gasteiger partial charge is 0.250 e. The average molecular weight is 429 g/mol. The lowest BCUT2D eigenvalue weighted by molar-refractivity contribution is -0.116. The molecular formula is C24H20N4O2S. The fourth-order valence-corrected chi connectivity index (χ4v) is 4.62. The van der Waals surface area contributed by atoms with Crippen LogP contribution in [0.4, 0.5) is 5.69 Å². The van der Waals surface area contributed by atoms with E-state index in [0.717, 1.165) is 22.5 Å². The maximum Gasteiger partial charge on any atom is 0.250 e. The van der Waals surface area contributed by atoms with Crippen molar-refractivity contribution in [1.29, 1.82) is 0 Å². The Morgan fingerprint density at radius 2 is 1.94 bits per heavy atom. The molecule has 0 saturated carbocycles. The predicted molar refractivity (Wildman–Crippen MR) is 125 cm³/mol. The number of para-hydroxylation sites is 1. The number of phenolic OH excluding ortho intramolecular Hbond substituents is 1. The van der Waals surface area contributed by atoms with Crippen LogP contribution in [-0.4, -0.2) is 37.2 Å². The fraction of sp³-hybridized carbons (Fsp3) is 0.125. The van der Waals surface area contributed by atoms with E-state index < -0.39 is 6.04 Å². The third-order valence-corrected chi connectivity index (χ3v) is 6.30. The normalized spacial score (nSPS) is 15.8. The number of thioether (sulfide) groups is 1. The monoisotopic (exact) mass is 428 g/mol.